The molecule has 0 heterocycles. The van der Waals surface area contributed by atoms with E-state index < -0.39 is 17.5 Å². The molecule has 0 aliphatic heterocycles. The summed E-state index contributed by atoms with van der Waals surface area (Å²) in [7, 11) is 0. The molecule has 0 saturated carbocycles. The molecule has 2 rings (SSSR count). The fourth-order valence-corrected chi connectivity index (χ4v) is 1.89. The van der Waals surface area contributed by atoms with Crippen molar-refractivity contribution < 1.29 is 18.7 Å². The van der Waals surface area contributed by atoms with Crippen molar-refractivity contribution in [2.24, 2.45) is 0 Å². The molecule has 0 fully saturated rings. The van der Waals surface area contributed by atoms with E-state index in [1.165, 1.54) is 18.2 Å². The van der Waals surface area contributed by atoms with Gasteiger partial charge in [-0.2, -0.15) is 0 Å². The summed E-state index contributed by atoms with van der Waals surface area (Å²) in [6, 6.07) is 5.71. The third-order valence-corrected chi connectivity index (χ3v) is 3.00. The summed E-state index contributed by atoms with van der Waals surface area (Å²) in [5.74, 6) is -2.35. The molecule has 1 amide bonds. The van der Waals surface area contributed by atoms with E-state index in [0.717, 1.165) is 6.07 Å². The zero-order valence-electron chi connectivity index (χ0n) is 10.4. The van der Waals surface area contributed by atoms with E-state index >= 15 is 0 Å². The first-order valence-electron chi connectivity index (χ1n) is 5.64. The fourth-order valence-electron chi connectivity index (χ4n) is 1.64. The summed E-state index contributed by atoms with van der Waals surface area (Å²) in [6.07, 6.45) is 0. The van der Waals surface area contributed by atoms with Crippen LogP contribution < -0.4 is 5.32 Å². The summed E-state index contributed by atoms with van der Waals surface area (Å²) in [5.41, 5.74) is 0.437. The number of hydrogen-bond donors (Lipinski definition) is 2. The molecule has 2 aromatic rings. The van der Waals surface area contributed by atoms with Crippen molar-refractivity contribution in [2.45, 2.75) is 6.92 Å². The lowest BCUT2D eigenvalue weighted by Gasteiger charge is -2.09. The Morgan fingerprint density at radius 2 is 1.95 bits per heavy atom. The maximum absolute atomic E-state index is 13.6. The molecule has 0 aliphatic rings. The van der Waals surface area contributed by atoms with Gasteiger partial charge in [-0.05, 0) is 36.8 Å². The molecule has 0 atom stereocenters. The molecule has 0 spiro atoms. The van der Waals surface area contributed by atoms with Gasteiger partial charge in [0.15, 0.2) is 5.82 Å². The quantitative estimate of drug-likeness (QED) is 0.883. The molecule has 0 saturated heterocycles. The van der Waals surface area contributed by atoms with Crippen LogP contribution in [-0.4, -0.2) is 11.0 Å². The number of amides is 1. The number of carbonyl (C=O) groups is 1. The molecule has 0 radical (unpaired) electrons. The van der Waals surface area contributed by atoms with E-state index in [1.54, 1.807) is 6.92 Å². The Hall–Kier alpha value is -2.14. The van der Waals surface area contributed by atoms with Crippen molar-refractivity contribution in [3.63, 3.8) is 0 Å². The number of phenolic OH excluding ortho intramolecular Hbond substituents is 1. The Morgan fingerprint density at radius 1 is 1.25 bits per heavy atom. The number of nitrogens with one attached hydrogen (secondary N) is 1. The average molecular weight is 298 g/mol. The summed E-state index contributed by atoms with van der Waals surface area (Å²) in [5, 5.41) is 11.4. The van der Waals surface area contributed by atoms with Crippen LogP contribution in [0.4, 0.5) is 14.5 Å². The van der Waals surface area contributed by atoms with E-state index in [0.29, 0.717) is 11.6 Å². The van der Waals surface area contributed by atoms with Crippen molar-refractivity contribution in [3.8, 4) is 5.75 Å². The monoisotopic (exact) mass is 297 g/mol. The van der Waals surface area contributed by atoms with Gasteiger partial charge in [-0.25, -0.2) is 8.78 Å². The first-order valence-corrected chi connectivity index (χ1v) is 6.02. The first-order chi connectivity index (χ1) is 9.38. The third-order valence-electron chi connectivity index (χ3n) is 2.70. The number of anilines is 1. The maximum atomic E-state index is 13.6. The van der Waals surface area contributed by atoms with E-state index in [9.17, 15) is 18.7 Å². The Kier molecular flexibility index (Phi) is 3.90. The fraction of sp³-hybridized carbons (Fsp3) is 0.0714. The van der Waals surface area contributed by atoms with Crippen LogP contribution in [0.15, 0.2) is 30.3 Å². The highest BCUT2D eigenvalue weighted by molar-refractivity contribution is 6.34. The Morgan fingerprint density at radius 3 is 2.55 bits per heavy atom. The number of benzene rings is 2. The van der Waals surface area contributed by atoms with E-state index in [1.807, 2.05) is 0 Å². The van der Waals surface area contributed by atoms with Gasteiger partial charge in [0.2, 0.25) is 0 Å². The summed E-state index contributed by atoms with van der Waals surface area (Å²) in [4.78, 5) is 12.0. The summed E-state index contributed by atoms with van der Waals surface area (Å²) in [6.45, 7) is 1.62. The molecular weight excluding hydrogens is 288 g/mol. The lowest BCUT2D eigenvalue weighted by molar-refractivity contribution is 0.102. The second-order valence-corrected chi connectivity index (χ2v) is 4.61. The van der Waals surface area contributed by atoms with Crippen LogP contribution in [0, 0.1) is 18.6 Å². The predicted octanol–water partition coefficient (Wildman–Crippen LogP) is 3.88. The van der Waals surface area contributed by atoms with Crippen molar-refractivity contribution in [1.29, 1.82) is 0 Å². The minimum absolute atomic E-state index is 0.0487. The normalized spacial score (nSPS) is 10.4. The van der Waals surface area contributed by atoms with E-state index in [2.05, 4.69) is 5.32 Å². The Labute approximate surface area is 118 Å². The van der Waals surface area contributed by atoms with Gasteiger partial charge in [0.25, 0.3) is 5.91 Å². The number of rotatable bonds is 2. The van der Waals surface area contributed by atoms with Crippen molar-refractivity contribution in [3.05, 3.63) is 58.1 Å². The molecule has 2 N–H and O–H groups in total. The van der Waals surface area contributed by atoms with Crippen LogP contribution in [0.2, 0.25) is 5.02 Å². The predicted molar refractivity (Wildman–Crippen MR) is 72.2 cm³/mol. The van der Waals surface area contributed by atoms with E-state index in [-0.39, 0.29) is 22.0 Å². The van der Waals surface area contributed by atoms with Gasteiger partial charge < -0.3 is 10.4 Å². The molecule has 0 bridgehead atoms. The molecule has 0 unspecified atom stereocenters. The second kappa shape index (κ2) is 5.46. The Bertz CT molecular complexity index is 666. The summed E-state index contributed by atoms with van der Waals surface area (Å²) < 4.78 is 26.5. The third kappa shape index (κ3) is 2.88. The van der Waals surface area contributed by atoms with Gasteiger partial charge in [0.1, 0.15) is 11.6 Å². The minimum atomic E-state index is -0.959. The van der Waals surface area contributed by atoms with Gasteiger partial charge in [0.05, 0.1) is 10.7 Å². The molecule has 2 aromatic carbocycles. The molecule has 104 valence electrons. The lowest BCUT2D eigenvalue weighted by atomic mass is 10.1. The Balaban J connectivity index is 2.30. The average Bonchev–Trinajstić information content (AvgIpc) is 2.36. The highest BCUT2D eigenvalue weighted by Crippen LogP contribution is 2.27. The minimum Gasteiger partial charge on any atom is -0.508 e. The zero-order chi connectivity index (χ0) is 14.9. The van der Waals surface area contributed by atoms with Gasteiger partial charge in [-0.15, -0.1) is 0 Å². The zero-order valence-corrected chi connectivity index (χ0v) is 11.1. The number of aromatic hydroxyl groups is 1. The summed E-state index contributed by atoms with van der Waals surface area (Å²) >= 11 is 5.69. The van der Waals surface area contributed by atoms with Crippen LogP contribution in [0.5, 0.6) is 5.75 Å². The topological polar surface area (TPSA) is 49.3 Å². The largest absolute Gasteiger partial charge is 0.508 e. The van der Waals surface area contributed by atoms with Gasteiger partial charge >= 0.3 is 0 Å². The SMILES string of the molecule is Cc1cc(C(=O)Nc2c(F)cc(F)cc2Cl)ccc1O. The van der Waals surface area contributed by atoms with Crippen LogP contribution in [0.25, 0.3) is 0 Å². The first kappa shape index (κ1) is 14.3. The molecular formula is C14H10ClF2NO2. The second-order valence-electron chi connectivity index (χ2n) is 4.20. The van der Waals surface area contributed by atoms with Gasteiger partial charge in [-0.1, -0.05) is 11.6 Å². The van der Waals surface area contributed by atoms with E-state index in [4.69, 9.17) is 11.6 Å². The maximum Gasteiger partial charge on any atom is 0.255 e. The molecule has 0 aromatic heterocycles. The lowest BCUT2D eigenvalue weighted by Crippen LogP contribution is -2.13. The number of aryl methyl sites for hydroxylation is 1. The standard InChI is InChI=1S/C14H10ClF2NO2/c1-7-4-8(2-3-12(7)19)14(20)18-13-10(15)5-9(16)6-11(13)17/h2-6,19H,1H3,(H,18,20). The number of phenols is 1. The van der Waals surface area contributed by atoms with Crippen molar-refractivity contribution in [1.82, 2.24) is 0 Å². The van der Waals surface area contributed by atoms with Crippen LogP contribution >= 0.6 is 11.6 Å². The van der Waals surface area contributed by atoms with Crippen LogP contribution in [0.1, 0.15) is 15.9 Å². The van der Waals surface area contributed by atoms with Gasteiger partial charge in [-0.3, -0.25) is 4.79 Å². The highest BCUT2D eigenvalue weighted by atomic mass is 35.5. The molecule has 20 heavy (non-hydrogen) atoms. The number of carbonyl (C=O) groups excluding carboxylic acids is 1. The smallest absolute Gasteiger partial charge is 0.255 e. The van der Waals surface area contributed by atoms with Gasteiger partial charge in [0, 0.05) is 11.6 Å². The molecule has 6 heteroatoms. The van der Waals surface area contributed by atoms with Crippen LogP contribution in [0.3, 0.4) is 0 Å². The number of hydrogen-bond acceptors (Lipinski definition) is 2. The van der Waals surface area contributed by atoms with Crippen molar-refractivity contribution >= 4 is 23.2 Å². The highest BCUT2D eigenvalue weighted by Gasteiger charge is 2.14. The van der Waals surface area contributed by atoms with Crippen molar-refractivity contribution in [2.75, 3.05) is 5.32 Å². The number of halogens is 3. The molecule has 3 nitrogen and oxygen atoms in total. The molecule has 0 aliphatic carbocycles. The van der Waals surface area contributed by atoms with Crippen LogP contribution in [-0.2, 0) is 0 Å².